The van der Waals surface area contributed by atoms with E-state index in [1.807, 2.05) is 0 Å². The molecule has 0 saturated carbocycles. The molecule has 2 nitrogen and oxygen atoms in total. The van der Waals surface area contributed by atoms with Gasteiger partial charge < -0.3 is 5.73 Å². The van der Waals surface area contributed by atoms with Gasteiger partial charge in [-0.15, -0.1) is 0 Å². The van der Waals surface area contributed by atoms with E-state index in [-0.39, 0.29) is 0 Å². The molecule has 0 fully saturated rings. The van der Waals surface area contributed by atoms with Crippen molar-refractivity contribution >= 4 is 22.6 Å². The van der Waals surface area contributed by atoms with Crippen molar-refractivity contribution in [2.75, 3.05) is 5.75 Å². The summed E-state index contributed by atoms with van der Waals surface area (Å²) >= 11 is 1.62. The number of nitrogens with zero attached hydrogens (tertiary/aromatic N) is 1. The highest BCUT2D eigenvalue weighted by atomic mass is 32.2. The lowest BCUT2D eigenvalue weighted by atomic mass is 10.1. The van der Waals surface area contributed by atoms with E-state index in [0.717, 1.165) is 11.4 Å². The third-order valence-electron chi connectivity index (χ3n) is 2.16. The minimum Gasteiger partial charge on any atom is -0.378 e. The van der Waals surface area contributed by atoms with Gasteiger partial charge in [-0.2, -0.15) is 0 Å². The SMILES string of the molecule is Cc1ccc(C)c(N=C(N)SCC(C)C)c1. The monoisotopic (exact) mass is 236 g/mol. The summed E-state index contributed by atoms with van der Waals surface area (Å²) in [5.74, 6) is 1.65. The Bertz CT molecular complexity index is 384. The predicted molar refractivity (Wildman–Crippen MR) is 74.5 cm³/mol. The van der Waals surface area contributed by atoms with Gasteiger partial charge >= 0.3 is 0 Å². The summed E-state index contributed by atoms with van der Waals surface area (Å²) < 4.78 is 0. The largest absolute Gasteiger partial charge is 0.378 e. The first-order valence-corrected chi connectivity index (χ1v) is 6.52. The van der Waals surface area contributed by atoms with Crippen LogP contribution in [0.15, 0.2) is 23.2 Å². The van der Waals surface area contributed by atoms with Gasteiger partial charge in [0.2, 0.25) is 0 Å². The lowest BCUT2D eigenvalue weighted by Gasteiger charge is -2.05. The van der Waals surface area contributed by atoms with E-state index in [4.69, 9.17) is 5.73 Å². The number of rotatable bonds is 3. The Morgan fingerprint density at radius 2 is 2.06 bits per heavy atom. The molecule has 0 unspecified atom stereocenters. The number of benzene rings is 1. The van der Waals surface area contributed by atoms with Crippen LogP contribution in [0.2, 0.25) is 0 Å². The fourth-order valence-corrected chi connectivity index (χ4v) is 1.91. The van der Waals surface area contributed by atoms with Crippen molar-refractivity contribution < 1.29 is 0 Å². The standard InChI is InChI=1S/C13H20N2S/c1-9(2)8-16-13(14)15-12-7-10(3)5-6-11(12)4/h5-7,9H,8H2,1-4H3,(H2,14,15). The molecule has 0 saturated heterocycles. The third-order valence-corrected chi connectivity index (χ3v) is 3.38. The highest BCUT2D eigenvalue weighted by molar-refractivity contribution is 8.13. The van der Waals surface area contributed by atoms with Crippen LogP contribution in [-0.2, 0) is 0 Å². The summed E-state index contributed by atoms with van der Waals surface area (Å²) in [5.41, 5.74) is 9.25. The van der Waals surface area contributed by atoms with Crippen LogP contribution in [0.25, 0.3) is 0 Å². The zero-order valence-corrected chi connectivity index (χ0v) is 11.3. The minimum atomic E-state index is 0.636. The molecule has 0 atom stereocenters. The summed E-state index contributed by atoms with van der Waals surface area (Å²) in [7, 11) is 0. The van der Waals surface area contributed by atoms with Crippen LogP contribution < -0.4 is 5.73 Å². The predicted octanol–water partition coefficient (Wildman–Crippen LogP) is 3.64. The molecule has 0 aromatic heterocycles. The molecular formula is C13H20N2S. The highest BCUT2D eigenvalue weighted by Crippen LogP contribution is 2.21. The van der Waals surface area contributed by atoms with Gasteiger partial charge in [0.15, 0.2) is 5.17 Å². The topological polar surface area (TPSA) is 38.4 Å². The molecule has 0 heterocycles. The molecule has 0 aliphatic carbocycles. The zero-order chi connectivity index (χ0) is 12.1. The molecule has 16 heavy (non-hydrogen) atoms. The molecular weight excluding hydrogens is 216 g/mol. The van der Waals surface area contributed by atoms with Gasteiger partial charge in [0.1, 0.15) is 0 Å². The van der Waals surface area contributed by atoms with E-state index in [0.29, 0.717) is 11.1 Å². The summed E-state index contributed by atoms with van der Waals surface area (Å²) in [6, 6.07) is 6.23. The quantitative estimate of drug-likeness (QED) is 0.643. The highest BCUT2D eigenvalue weighted by Gasteiger charge is 2.01. The van der Waals surface area contributed by atoms with Crippen molar-refractivity contribution in [3.05, 3.63) is 29.3 Å². The van der Waals surface area contributed by atoms with E-state index in [1.54, 1.807) is 11.8 Å². The van der Waals surface area contributed by atoms with Gasteiger partial charge in [-0.3, -0.25) is 0 Å². The fraction of sp³-hybridized carbons (Fsp3) is 0.462. The maximum absolute atomic E-state index is 5.89. The Morgan fingerprint density at radius 3 is 2.69 bits per heavy atom. The van der Waals surface area contributed by atoms with Crippen molar-refractivity contribution in [2.45, 2.75) is 27.7 Å². The van der Waals surface area contributed by atoms with Crippen LogP contribution >= 0.6 is 11.8 Å². The van der Waals surface area contributed by atoms with Crippen LogP contribution in [-0.4, -0.2) is 10.9 Å². The van der Waals surface area contributed by atoms with Crippen LogP contribution in [0.4, 0.5) is 5.69 Å². The first-order valence-electron chi connectivity index (χ1n) is 5.53. The van der Waals surface area contributed by atoms with E-state index in [1.165, 1.54) is 11.1 Å². The molecule has 0 radical (unpaired) electrons. The Labute approximate surface area is 102 Å². The first-order chi connectivity index (χ1) is 7.49. The van der Waals surface area contributed by atoms with Crippen LogP contribution in [0.5, 0.6) is 0 Å². The minimum absolute atomic E-state index is 0.636. The summed E-state index contributed by atoms with van der Waals surface area (Å²) in [5, 5.41) is 0.655. The molecule has 0 aliphatic heterocycles. The molecule has 0 bridgehead atoms. The van der Waals surface area contributed by atoms with Crippen LogP contribution in [0.3, 0.4) is 0 Å². The molecule has 2 N–H and O–H groups in total. The molecule has 0 spiro atoms. The lowest BCUT2D eigenvalue weighted by Crippen LogP contribution is -2.08. The normalized spacial score (nSPS) is 12.2. The zero-order valence-electron chi connectivity index (χ0n) is 10.4. The number of amidine groups is 1. The van der Waals surface area contributed by atoms with Crippen molar-refractivity contribution in [1.29, 1.82) is 0 Å². The molecule has 0 amide bonds. The van der Waals surface area contributed by atoms with Crippen molar-refractivity contribution in [3.8, 4) is 0 Å². The smallest absolute Gasteiger partial charge is 0.159 e. The Balaban J connectivity index is 2.77. The second kappa shape index (κ2) is 5.94. The lowest BCUT2D eigenvalue weighted by molar-refractivity contribution is 0.752. The van der Waals surface area contributed by atoms with Crippen LogP contribution in [0.1, 0.15) is 25.0 Å². The van der Waals surface area contributed by atoms with E-state index in [9.17, 15) is 0 Å². The summed E-state index contributed by atoms with van der Waals surface area (Å²) in [6.45, 7) is 8.48. The first kappa shape index (κ1) is 13.1. The Morgan fingerprint density at radius 1 is 1.38 bits per heavy atom. The molecule has 0 aliphatic rings. The van der Waals surface area contributed by atoms with Crippen molar-refractivity contribution in [2.24, 2.45) is 16.6 Å². The second-order valence-electron chi connectivity index (χ2n) is 4.44. The summed E-state index contributed by atoms with van der Waals surface area (Å²) in [4.78, 5) is 4.45. The number of hydrogen-bond donors (Lipinski definition) is 1. The molecule has 1 aromatic carbocycles. The third kappa shape index (κ3) is 4.27. The maximum atomic E-state index is 5.89. The van der Waals surface area contributed by atoms with E-state index >= 15 is 0 Å². The van der Waals surface area contributed by atoms with Gasteiger partial charge in [0, 0.05) is 5.75 Å². The summed E-state index contributed by atoms with van der Waals surface area (Å²) in [6.07, 6.45) is 0. The number of thioether (sulfide) groups is 1. The van der Waals surface area contributed by atoms with E-state index in [2.05, 4.69) is 50.9 Å². The van der Waals surface area contributed by atoms with Gasteiger partial charge in [0.25, 0.3) is 0 Å². The number of hydrogen-bond acceptors (Lipinski definition) is 2. The second-order valence-corrected chi connectivity index (χ2v) is 5.49. The molecule has 1 aromatic rings. The molecule has 88 valence electrons. The number of aliphatic imine (C=N–C) groups is 1. The Kier molecular flexibility index (Phi) is 4.87. The Hall–Kier alpha value is -0.960. The average Bonchev–Trinajstić information content (AvgIpc) is 2.20. The van der Waals surface area contributed by atoms with Crippen LogP contribution in [0, 0.1) is 19.8 Å². The van der Waals surface area contributed by atoms with Crippen molar-refractivity contribution in [1.82, 2.24) is 0 Å². The van der Waals surface area contributed by atoms with Crippen molar-refractivity contribution in [3.63, 3.8) is 0 Å². The van der Waals surface area contributed by atoms with Gasteiger partial charge in [-0.1, -0.05) is 37.7 Å². The van der Waals surface area contributed by atoms with E-state index < -0.39 is 0 Å². The molecule has 1 rings (SSSR count). The number of nitrogens with two attached hydrogens (primary N) is 1. The molecule has 3 heteroatoms. The maximum Gasteiger partial charge on any atom is 0.159 e. The van der Waals surface area contributed by atoms with Gasteiger partial charge in [-0.25, -0.2) is 4.99 Å². The number of aryl methyl sites for hydroxylation is 2. The fourth-order valence-electron chi connectivity index (χ4n) is 1.24. The average molecular weight is 236 g/mol. The van der Waals surface area contributed by atoms with Gasteiger partial charge in [-0.05, 0) is 37.0 Å². The van der Waals surface area contributed by atoms with Gasteiger partial charge in [0.05, 0.1) is 5.69 Å².